The number of nitrogens with zero attached hydrogens (tertiary/aromatic N) is 1. The van der Waals surface area contributed by atoms with Gasteiger partial charge in [0, 0.05) is 38.3 Å². The molecular formula is C17H28N2O. The monoisotopic (exact) mass is 276 g/mol. The van der Waals surface area contributed by atoms with E-state index in [0.717, 1.165) is 19.7 Å². The molecule has 3 atom stereocenters. The number of benzene rings is 1. The second-order valence-corrected chi connectivity index (χ2v) is 5.83. The molecule has 2 rings (SSSR count). The highest BCUT2D eigenvalue weighted by molar-refractivity contribution is 5.20. The minimum atomic E-state index is 0.457. The fraction of sp³-hybridized carbons (Fsp3) is 0.647. The number of hydrogen-bond donors (Lipinski definition) is 1. The molecule has 112 valence electrons. The lowest BCUT2D eigenvalue weighted by Gasteiger charge is -2.44. The first-order chi connectivity index (χ1) is 9.76. The number of piperazine rings is 1. The average molecular weight is 276 g/mol. The third-order valence-electron chi connectivity index (χ3n) is 4.18. The summed E-state index contributed by atoms with van der Waals surface area (Å²) < 4.78 is 5.47. The van der Waals surface area contributed by atoms with Gasteiger partial charge < -0.3 is 10.1 Å². The number of rotatable bonds is 6. The molecule has 3 heteroatoms. The van der Waals surface area contributed by atoms with E-state index in [1.807, 2.05) is 7.11 Å². The van der Waals surface area contributed by atoms with Crippen molar-refractivity contribution in [3.05, 3.63) is 35.9 Å². The summed E-state index contributed by atoms with van der Waals surface area (Å²) in [5.74, 6) is 0. The van der Waals surface area contributed by atoms with Gasteiger partial charge in [-0.15, -0.1) is 0 Å². The van der Waals surface area contributed by atoms with Gasteiger partial charge >= 0.3 is 0 Å². The van der Waals surface area contributed by atoms with Gasteiger partial charge in [0.1, 0.15) is 0 Å². The molecule has 3 unspecified atom stereocenters. The summed E-state index contributed by atoms with van der Waals surface area (Å²) in [5.41, 5.74) is 1.41. The lowest BCUT2D eigenvalue weighted by Crippen LogP contribution is -2.55. The molecule has 0 aliphatic carbocycles. The highest BCUT2D eigenvalue weighted by atomic mass is 16.5. The summed E-state index contributed by atoms with van der Waals surface area (Å²) >= 11 is 0. The largest absolute Gasteiger partial charge is 0.383 e. The molecule has 1 aromatic rings. The van der Waals surface area contributed by atoms with Crippen molar-refractivity contribution in [3.63, 3.8) is 0 Å². The Kier molecular flexibility index (Phi) is 6.02. The maximum Gasteiger partial charge on any atom is 0.0618 e. The van der Waals surface area contributed by atoms with E-state index in [1.54, 1.807) is 0 Å². The lowest BCUT2D eigenvalue weighted by atomic mass is 9.97. The molecule has 20 heavy (non-hydrogen) atoms. The highest BCUT2D eigenvalue weighted by Crippen LogP contribution is 2.27. The second-order valence-electron chi connectivity index (χ2n) is 5.83. The molecule has 0 spiro atoms. The van der Waals surface area contributed by atoms with Crippen LogP contribution < -0.4 is 5.32 Å². The van der Waals surface area contributed by atoms with Crippen LogP contribution in [0.4, 0.5) is 0 Å². The van der Waals surface area contributed by atoms with Crippen molar-refractivity contribution in [2.45, 2.75) is 44.8 Å². The summed E-state index contributed by atoms with van der Waals surface area (Å²) in [6.45, 7) is 7.46. The van der Waals surface area contributed by atoms with E-state index >= 15 is 0 Å². The molecule has 1 aliphatic heterocycles. The molecule has 0 saturated carbocycles. The van der Waals surface area contributed by atoms with Gasteiger partial charge in [0.15, 0.2) is 0 Å². The first-order valence-electron chi connectivity index (χ1n) is 7.79. The summed E-state index contributed by atoms with van der Waals surface area (Å²) in [5, 5.41) is 3.62. The summed E-state index contributed by atoms with van der Waals surface area (Å²) in [4.78, 5) is 2.64. The Morgan fingerprint density at radius 1 is 1.35 bits per heavy atom. The van der Waals surface area contributed by atoms with Gasteiger partial charge in [-0.2, -0.15) is 0 Å². The Morgan fingerprint density at radius 2 is 2.10 bits per heavy atom. The van der Waals surface area contributed by atoms with Gasteiger partial charge in [-0.3, -0.25) is 4.90 Å². The van der Waals surface area contributed by atoms with E-state index in [4.69, 9.17) is 4.74 Å². The van der Waals surface area contributed by atoms with Crippen LogP contribution in [0, 0.1) is 0 Å². The summed E-state index contributed by atoms with van der Waals surface area (Å²) in [7, 11) is 1.81. The average Bonchev–Trinajstić information content (AvgIpc) is 2.48. The number of methoxy groups -OCH3 is 1. The Bertz CT molecular complexity index is 376. The number of nitrogens with one attached hydrogen (secondary N) is 1. The third-order valence-corrected chi connectivity index (χ3v) is 4.18. The van der Waals surface area contributed by atoms with Crippen molar-refractivity contribution >= 4 is 0 Å². The number of hydrogen-bond acceptors (Lipinski definition) is 3. The van der Waals surface area contributed by atoms with Gasteiger partial charge in [0.2, 0.25) is 0 Å². The van der Waals surface area contributed by atoms with E-state index in [-0.39, 0.29) is 0 Å². The van der Waals surface area contributed by atoms with Crippen molar-refractivity contribution in [2.75, 3.05) is 26.8 Å². The Morgan fingerprint density at radius 3 is 2.75 bits per heavy atom. The van der Waals surface area contributed by atoms with Crippen molar-refractivity contribution in [3.8, 4) is 0 Å². The molecule has 0 aromatic heterocycles. The van der Waals surface area contributed by atoms with Crippen LogP contribution in [0.15, 0.2) is 30.3 Å². The van der Waals surface area contributed by atoms with Crippen LogP contribution >= 0.6 is 0 Å². The minimum Gasteiger partial charge on any atom is -0.383 e. The predicted molar refractivity (Wildman–Crippen MR) is 83.9 cm³/mol. The second kappa shape index (κ2) is 7.77. The minimum absolute atomic E-state index is 0.457. The van der Waals surface area contributed by atoms with E-state index < -0.39 is 0 Å². The quantitative estimate of drug-likeness (QED) is 0.864. The standard InChI is InChI=1S/C17H28N2O/c1-4-8-16(13-20-3)19-12-14(2)18-11-17(19)15-9-6-5-7-10-15/h5-7,9-10,14,16-18H,4,8,11-13H2,1-3H3. The molecule has 1 aliphatic rings. The van der Waals surface area contributed by atoms with E-state index in [9.17, 15) is 0 Å². The van der Waals surface area contributed by atoms with E-state index in [0.29, 0.717) is 18.1 Å². The molecule has 1 aromatic carbocycles. The zero-order valence-corrected chi connectivity index (χ0v) is 13.0. The fourth-order valence-corrected chi connectivity index (χ4v) is 3.20. The normalized spacial score (nSPS) is 25.6. The van der Waals surface area contributed by atoms with Crippen LogP contribution in [0.3, 0.4) is 0 Å². The van der Waals surface area contributed by atoms with Gasteiger partial charge in [-0.05, 0) is 18.9 Å². The molecule has 0 amide bonds. The first-order valence-corrected chi connectivity index (χ1v) is 7.79. The van der Waals surface area contributed by atoms with Gasteiger partial charge in [-0.25, -0.2) is 0 Å². The van der Waals surface area contributed by atoms with Crippen LogP contribution in [0.2, 0.25) is 0 Å². The maximum atomic E-state index is 5.47. The molecule has 0 bridgehead atoms. The first kappa shape index (κ1) is 15.5. The zero-order chi connectivity index (χ0) is 14.4. The molecule has 3 nitrogen and oxygen atoms in total. The Labute approximate surface area is 123 Å². The molecule has 1 N–H and O–H groups in total. The molecule has 1 fully saturated rings. The number of ether oxygens (including phenoxy) is 1. The summed E-state index contributed by atoms with van der Waals surface area (Å²) in [6.07, 6.45) is 2.40. The van der Waals surface area contributed by atoms with Gasteiger partial charge in [0.05, 0.1) is 6.61 Å². The van der Waals surface area contributed by atoms with Crippen molar-refractivity contribution in [2.24, 2.45) is 0 Å². The highest BCUT2D eigenvalue weighted by Gasteiger charge is 2.31. The van der Waals surface area contributed by atoms with E-state index in [1.165, 1.54) is 18.4 Å². The van der Waals surface area contributed by atoms with Crippen molar-refractivity contribution in [1.82, 2.24) is 10.2 Å². The third kappa shape index (κ3) is 3.81. The van der Waals surface area contributed by atoms with E-state index in [2.05, 4.69) is 54.4 Å². The van der Waals surface area contributed by atoms with Crippen molar-refractivity contribution < 1.29 is 4.74 Å². The summed E-state index contributed by atoms with van der Waals surface area (Å²) in [6, 6.07) is 12.4. The van der Waals surface area contributed by atoms with Crippen LogP contribution in [-0.4, -0.2) is 43.8 Å². The molecule has 0 radical (unpaired) electrons. The maximum absolute atomic E-state index is 5.47. The lowest BCUT2D eigenvalue weighted by molar-refractivity contribution is 0.0304. The smallest absolute Gasteiger partial charge is 0.0618 e. The Balaban J connectivity index is 2.18. The van der Waals surface area contributed by atoms with Crippen LogP contribution in [0.5, 0.6) is 0 Å². The predicted octanol–water partition coefficient (Wildman–Crippen LogP) is 2.84. The molecule has 1 heterocycles. The topological polar surface area (TPSA) is 24.5 Å². The molecular weight excluding hydrogens is 248 g/mol. The van der Waals surface area contributed by atoms with Crippen LogP contribution in [-0.2, 0) is 4.74 Å². The fourth-order valence-electron chi connectivity index (χ4n) is 3.20. The Hall–Kier alpha value is -0.900. The molecule has 1 saturated heterocycles. The van der Waals surface area contributed by atoms with Gasteiger partial charge in [-0.1, -0.05) is 43.7 Å². The zero-order valence-electron chi connectivity index (χ0n) is 13.0. The van der Waals surface area contributed by atoms with Gasteiger partial charge in [0.25, 0.3) is 0 Å². The van der Waals surface area contributed by atoms with Crippen LogP contribution in [0.1, 0.15) is 38.3 Å². The van der Waals surface area contributed by atoms with Crippen LogP contribution in [0.25, 0.3) is 0 Å². The SMILES string of the molecule is CCCC(COC)N1CC(C)NCC1c1ccccc1. The van der Waals surface area contributed by atoms with Crippen molar-refractivity contribution in [1.29, 1.82) is 0 Å².